The SMILES string of the molecule is CC(C#Cc1ccccc1)(CC(F)(F)F)C(=O)c1ccc(C(F)(F)F)cc1. The maximum atomic E-state index is 13.0. The van der Waals surface area contributed by atoms with E-state index in [0.29, 0.717) is 17.7 Å². The van der Waals surface area contributed by atoms with E-state index in [4.69, 9.17) is 0 Å². The first-order valence-electron chi connectivity index (χ1n) is 7.78. The monoisotopic (exact) mass is 384 g/mol. The van der Waals surface area contributed by atoms with Gasteiger partial charge in [-0.05, 0) is 31.2 Å². The van der Waals surface area contributed by atoms with Crippen molar-refractivity contribution in [2.24, 2.45) is 5.41 Å². The lowest BCUT2D eigenvalue weighted by molar-refractivity contribution is -0.145. The Kier molecular flexibility index (Phi) is 5.69. The van der Waals surface area contributed by atoms with Gasteiger partial charge in [-0.3, -0.25) is 4.79 Å². The van der Waals surface area contributed by atoms with Crippen molar-refractivity contribution in [1.82, 2.24) is 0 Å². The largest absolute Gasteiger partial charge is 0.416 e. The van der Waals surface area contributed by atoms with Gasteiger partial charge in [0.15, 0.2) is 5.78 Å². The van der Waals surface area contributed by atoms with Gasteiger partial charge in [0.05, 0.1) is 12.0 Å². The third-order valence-corrected chi connectivity index (χ3v) is 3.79. The van der Waals surface area contributed by atoms with E-state index < -0.39 is 35.5 Å². The molecular weight excluding hydrogens is 370 g/mol. The third kappa shape index (κ3) is 5.61. The fourth-order valence-electron chi connectivity index (χ4n) is 2.44. The van der Waals surface area contributed by atoms with Gasteiger partial charge in [-0.15, -0.1) is 0 Å². The highest BCUT2D eigenvalue weighted by Crippen LogP contribution is 2.36. The summed E-state index contributed by atoms with van der Waals surface area (Å²) in [6, 6.07) is 11.2. The lowest BCUT2D eigenvalue weighted by Crippen LogP contribution is -2.32. The molecule has 0 spiro atoms. The van der Waals surface area contributed by atoms with Crippen molar-refractivity contribution in [3.8, 4) is 11.8 Å². The highest BCUT2D eigenvalue weighted by atomic mass is 19.4. The first kappa shape index (κ1) is 20.6. The van der Waals surface area contributed by atoms with Crippen molar-refractivity contribution in [1.29, 1.82) is 0 Å². The van der Waals surface area contributed by atoms with E-state index in [9.17, 15) is 31.1 Å². The van der Waals surface area contributed by atoms with Crippen molar-refractivity contribution in [2.45, 2.75) is 25.7 Å². The Balaban J connectivity index is 2.41. The molecule has 0 radical (unpaired) electrons. The predicted molar refractivity (Wildman–Crippen MR) is 87.9 cm³/mol. The van der Waals surface area contributed by atoms with Crippen LogP contribution in [0, 0.1) is 17.3 Å². The average Bonchev–Trinajstić information content (AvgIpc) is 2.58. The van der Waals surface area contributed by atoms with Crippen LogP contribution in [0.15, 0.2) is 54.6 Å². The molecule has 0 N–H and O–H groups in total. The summed E-state index contributed by atoms with van der Waals surface area (Å²) in [5, 5.41) is 0. The van der Waals surface area contributed by atoms with E-state index in [-0.39, 0.29) is 5.56 Å². The quantitative estimate of drug-likeness (QED) is 0.366. The van der Waals surface area contributed by atoms with E-state index >= 15 is 0 Å². The van der Waals surface area contributed by atoms with Crippen molar-refractivity contribution >= 4 is 5.78 Å². The average molecular weight is 384 g/mol. The Morgan fingerprint density at radius 1 is 0.889 bits per heavy atom. The molecule has 2 aromatic rings. The summed E-state index contributed by atoms with van der Waals surface area (Å²) in [5.74, 6) is 3.92. The zero-order chi connectivity index (χ0) is 20.3. The van der Waals surface area contributed by atoms with Gasteiger partial charge in [0.25, 0.3) is 0 Å². The maximum Gasteiger partial charge on any atom is 0.416 e. The third-order valence-electron chi connectivity index (χ3n) is 3.79. The van der Waals surface area contributed by atoms with Gasteiger partial charge in [-0.25, -0.2) is 0 Å². The summed E-state index contributed by atoms with van der Waals surface area (Å²) in [7, 11) is 0. The fraction of sp³-hybridized carbons (Fsp3) is 0.250. The van der Waals surface area contributed by atoms with Gasteiger partial charge in [-0.1, -0.05) is 42.2 Å². The zero-order valence-corrected chi connectivity index (χ0v) is 14.1. The second kappa shape index (κ2) is 7.47. The second-order valence-corrected chi connectivity index (χ2v) is 6.14. The minimum atomic E-state index is -4.68. The van der Waals surface area contributed by atoms with Gasteiger partial charge in [-0.2, -0.15) is 26.3 Å². The molecule has 0 aliphatic rings. The molecular formula is C20H14F6O. The summed E-state index contributed by atoms with van der Waals surface area (Å²) in [6.07, 6.45) is -10.8. The number of Topliss-reactive ketones (excluding diaryl/α,β-unsaturated/α-hetero) is 1. The van der Waals surface area contributed by atoms with Crippen LogP contribution in [0.3, 0.4) is 0 Å². The van der Waals surface area contributed by atoms with Gasteiger partial charge < -0.3 is 0 Å². The van der Waals surface area contributed by atoms with Crippen LogP contribution in [-0.4, -0.2) is 12.0 Å². The summed E-state index contributed by atoms with van der Waals surface area (Å²) >= 11 is 0. The van der Waals surface area contributed by atoms with Crippen LogP contribution in [0.2, 0.25) is 0 Å². The lowest BCUT2D eigenvalue weighted by atomic mass is 9.79. The number of rotatable bonds is 3. The standard InChI is InChI=1S/C20H14F6O/c1-18(13-19(21,22)23,12-11-14-5-3-2-4-6-14)17(27)15-7-9-16(10-8-15)20(24,25)26/h2-10H,13H2,1H3. The Hall–Kier alpha value is -2.75. The number of benzene rings is 2. The second-order valence-electron chi connectivity index (χ2n) is 6.14. The number of carbonyl (C=O) groups is 1. The van der Waals surface area contributed by atoms with Crippen LogP contribution in [-0.2, 0) is 6.18 Å². The van der Waals surface area contributed by atoms with E-state index in [0.717, 1.165) is 19.1 Å². The molecule has 1 unspecified atom stereocenters. The number of hydrogen-bond acceptors (Lipinski definition) is 1. The van der Waals surface area contributed by atoms with Gasteiger partial charge in [0.1, 0.15) is 5.41 Å². The predicted octanol–water partition coefficient (Wildman–Crippen LogP) is 5.90. The molecule has 7 heteroatoms. The summed E-state index contributed by atoms with van der Waals surface area (Å²) in [4.78, 5) is 12.6. The molecule has 0 aliphatic carbocycles. The van der Waals surface area contributed by atoms with E-state index in [1.54, 1.807) is 30.3 Å². The molecule has 2 aromatic carbocycles. The van der Waals surface area contributed by atoms with Gasteiger partial charge >= 0.3 is 12.4 Å². The number of ketones is 1. The molecule has 0 saturated heterocycles. The molecule has 0 heterocycles. The molecule has 2 rings (SSSR count). The maximum absolute atomic E-state index is 13.0. The van der Waals surface area contributed by atoms with Crippen molar-refractivity contribution in [2.75, 3.05) is 0 Å². The molecule has 0 saturated carbocycles. The van der Waals surface area contributed by atoms with E-state index in [1.165, 1.54) is 0 Å². The van der Waals surface area contributed by atoms with Crippen molar-refractivity contribution in [3.05, 3.63) is 71.3 Å². The number of alkyl halides is 6. The first-order valence-corrected chi connectivity index (χ1v) is 7.78. The Labute approximate surface area is 152 Å². The first-order chi connectivity index (χ1) is 12.4. The molecule has 0 amide bonds. The zero-order valence-electron chi connectivity index (χ0n) is 14.1. The Morgan fingerprint density at radius 3 is 1.93 bits per heavy atom. The molecule has 0 bridgehead atoms. The van der Waals surface area contributed by atoms with E-state index in [1.807, 2.05) is 0 Å². The minimum absolute atomic E-state index is 0.267. The van der Waals surface area contributed by atoms with Crippen LogP contribution in [0.5, 0.6) is 0 Å². The summed E-state index contributed by atoms with van der Waals surface area (Å²) in [6.45, 7) is 1.04. The number of carbonyl (C=O) groups excluding carboxylic acids is 1. The molecule has 27 heavy (non-hydrogen) atoms. The smallest absolute Gasteiger partial charge is 0.292 e. The summed E-state index contributed by atoms with van der Waals surface area (Å²) in [5.41, 5.74) is -2.97. The molecule has 0 aliphatic heterocycles. The molecule has 1 nitrogen and oxygen atoms in total. The lowest BCUT2D eigenvalue weighted by Gasteiger charge is -2.24. The molecule has 0 fully saturated rings. The van der Waals surface area contributed by atoms with Crippen LogP contribution >= 0.6 is 0 Å². The van der Waals surface area contributed by atoms with Crippen LogP contribution in [0.4, 0.5) is 26.3 Å². The summed E-state index contributed by atoms with van der Waals surface area (Å²) < 4.78 is 76.9. The Bertz CT molecular complexity index is 854. The van der Waals surface area contributed by atoms with Crippen molar-refractivity contribution < 1.29 is 31.1 Å². The number of hydrogen-bond donors (Lipinski definition) is 0. The molecule has 1 atom stereocenters. The van der Waals surface area contributed by atoms with Gasteiger partial charge in [0.2, 0.25) is 0 Å². The van der Waals surface area contributed by atoms with Crippen LogP contribution < -0.4 is 0 Å². The fourth-order valence-corrected chi connectivity index (χ4v) is 2.44. The number of halogens is 6. The highest BCUT2D eigenvalue weighted by molar-refractivity contribution is 6.02. The molecule has 0 aromatic heterocycles. The van der Waals surface area contributed by atoms with Crippen molar-refractivity contribution in [3.63, 3.8) is 0 Å². The van der Waals surface area contributed by atoms with Crippen LogP contribution in [0.25, 0.3) is 0 Å². The van der Waals surface area contributed by atoms with Crippen LogP contribution in [0.1, 0.15) is 34.8 Å². The minimum Gasteiger partial charge on any atom is -0.292 e. The normalized spacial score (nSPS) is 14.0. The van der Waals surface area contributed by atoms with E-state index in [2.05, 4.69) is 11.8 Å². The highest BCUT2D eigenvalue weighted by Gasteiger charge is 2.44. The molecule has 142 valence electrons. The topological polar surface area (TPSA) is 17.1 Å². The van der Waals surface area contributed by atoms with Gasteiger partial charge in [0, 0.05) is 11.1 Å². The Morgan fingerprint density at radius 2 is 1.44 bits per heavy atom.